The van der Waals surface area contributed by atoms with Crippen LogP contribution in [0, 0.1) is 6.92 Å². The molecule has 2 aromatic heterocycles. The predicted molar refractivity (Wildman–Crippen MR) is 95.8 cm³/mol. The fourth-order valence-corrected chi connectivity index (χ4v) is 2.54. The lowest BCUT2D eigenvalue weighted by atomic mass is 10.1. The molecule has 5 nitrogen and oxygen atoms in total. The Labute approximate surface area is 146 Å². The van der Waals surface area contributed by atoms with Gasteiger partial charge in [0.2, 0.25) is 0 Å². The minimum Gasteiger partial charge on any atom is -0.494 e. The molecule has 1 amide bonds. The molecule has 0 fully saturated rings. The normalized spacial score (nSPS) is 10.5. The second kappa shape index (κ2) is 7.66. The molecule has 5 heteroatoms. The van der Waals surface area contributed by atoms with E-state index in [1.165, 1.54) is 0 Å². The molecule has 0 aliphatic heterocycles. The lowest BCUT2D eigenvalue weighted by molar-refractivity contribution is 0.0982. The van der Waals surface area contributed by atoms with Crippen molar-refractivity contribution in [2.75, 3.05) is 11.5 Å². The largest absolute Gasteiger partial charge is 0.494 e. The SMILES string of the molecule is CCOc1cccc(C(=O)N(Cc2ccc(C)o2)c2ccccn2)c1. The second-order valence-electron chi connectivity index (χ2n) is 5.55. The van der Waals surface area contributed by atoms with Gasteiger partial charge >= 0.3 is 0 Å². The topological polar surface area (TPSA) is 55.6 Å². The number of hydrogen-bond donors (Lipinski definition) is 0. The first-order chi connectivity index (χ1) is 12.2. The zero-order valence-corrected chi connectivity index (χ0v) is 14.3. The molecule has 0 saturated carbocycles. The van der Waals surface area contributed by atoms with Crippen molar-refractivity contribution in [2.45, 2.75) is 20.4 Å². The number of anilines is 1. The van der Waals surface area contributed by atoms with Crippen molar-refractivity contribution in [1.82, 2.24) is 4.98 Å². The van der Waals surface area contributed by atoms with Crippen LogP contribution in [0.4, 0.5) is 5.82 Å². The van der Waals surface area contributed by atoms with Crippen LogP contribution < -0.4 is 9.64 Å². The first-order valence-corrected chi connectivity index (χ1v) is 8.18. The van der Waals surface area contributed by atoms with Gasteiger partial charge in [-0.2, -0.15) is 0 Å². The molecule has 0 saturated heterocycles. The lowest BCUT2D eigenvalue weighted by Crippen LogP contribution is -2.31. The number of pyridine rings is 1. The van der Waals surface area contributed by atoms with Crippen LogP contribution in [0.1, 0.15) is 28.8 Å². The Balaban J connectivity index is 1.93. The fourth-order valence-electron chi connectivity index (χ4n) is 2.54. The summed E-state index contributed by atoms with van der Waals surface area (Å²) in [5.74, 6) is 2.60. The van der Waals surface area contributed by atoms with E-state index in [-0.39, 0.29) is 5.91 Å². The Kier molecular flexibility index (Phi) is 5.14. The number of furan rings is 1. The van der Waals surface area contributed by atoms with E-state index in [9.17, 15) is 4.79 Å². The van der Waals surface area contributed by atoms with Crippen molar-refractivity contribution in [3.63, 3.8) is 0 Å². The van der Waals surface area contributed by atoms with Gasteiger partial charge in [0, 0.05) is 11.8 Å². The highest BCUT2D eigenvalue weighted by Crippen LogP contribution is 2.21. The molecule has 1 aromatic carbocycles. The van der Waals surface area contributed by atoms with Crippen molar-refractivity contribution in [3.8, 4) is 5.75 Å². The van der Waals surface area contributed by atoms with Crippen molar-refractivity contribution in [3.05, 3.63) is 77.9 Å². The van der Waals surface area contributed by atoms with Crippen molar-refractivity contribution in [2.24, 2.45) is 0 Å². The number of aromatic nitrogens is 1. The van der Waals surface area contributed by atoms with E-state index in [0.717, 1.165) is 5.76 Å². The average Bonchev–Trinajstić information content (AvgIpc) is 3.05. The maximum atomic E-state index is 13.1. The van der Waals surface area contributed by atoms with E-state index in [1.807, 2.05) is 50.2 Å². The first kappa shape index (κ1) is 16.8. The molecule has 0 radical (unpaired) electrons. The van der Waals surface area contributed by atoms with Gasteiger partial charge in [0.05, 0.1) is 13.2 Å². The molecule has 128 valence electrons. The summed E-state index contributed by atoms with van der Waals surface area (Å²) in [6.07, 6.45) is 1.67. The Morgan fingerprint density at radius 3 is 2.72 bits per heavy atom. The van der Waals surface area contributed by atoms with Crippen molar-refractivity contribution in [1.29, 1.82) is 0 Å². The maximum absolute atomic E-state index is 13.1. The lowest BCUT2D eigenvalue weighted by Gasteiger charge is -2.21. The number of carbonyl (C=O) groups excluding carboxylic acids is 1. The number of benzene rings is 1. The number of rotatable bonds is 6. The third-order valence-electron chi connectivity index (χ3n) is 3.67. The zero-order chi connectivity index (χ0) is 17.6. The van der Waals surface area contributed by atoms with Gasteiger partial charge < -0.3 is 9.15 Å². The molecule has 0 atom stereocenters. The van der Waals surface area contributed by atoms with Gasteiger partial charge in [-0.15, -0.1) is 0 Å². The fraction of sp³-hybridized carbons (Fsp3) is 0.200. The van der Waals surface area contributed by atoms with E-state index >= 15 is 0 Å². The molecule has 25 heavy (non-hydrogen) atoms. The van der Waals surface area contributed by atoms with Crippen LogP contribution in [0.2, 0.25) is 0 Å². The summed E-state index contributed by atoms with van der Waals surface area (Å²) in [7, 11) is 0. The molecule has 0 aliphatic carbocycles. The molecule has 0 bridgehead atoms. The van der Waals surface area contributed by atoms with Crippen LogP contribution in [0.25, 0.3) is 0 Å². The van der Waals surface area contributed by atoms with Gasteiger partial charge in [-0.25, -0.2) is 4.98 Å². The van der Waals surface area contributed by atoms with E-state index in [0.29, 0.717) is 36.0 Å². The molecule has 0 N–H and O–H groups in total. The Hall–Kier alpha value is -3.08. The highest BCUT2D eigenvalue weighted by molar-refractivity contribution is 6.05. The molecular weight excluding hydrogens is 316 g/mol. The summed E-state index contributed by atoms with van der Waals surface area (Å²) in [6.45, 7) is 4.64. The maximum Gasteiger partial charge on any atom is 0.259 e. The number of nitrogens with zero attached hydrogens (tertiary/aromatic N) is 2. The zero-order valence-electron chi connectivity index (χ0n) is 14.3. The minimum absolute atomic E-state index is 0.158. The third kappa shape index (κ3) is 4.07. The van der Waals surface area contributed by atoms with Gasteiger partial charge in [-0.1, -0.05) is 12.1 Å². The van der Waals surface area contributed by atoms with E-state index in [2.05, 4.69) is 4.98 Å². The molecule has 0 unspecified atom stereocenters. The summed E-state index contributed by atoms with van der Waals surface area (Å²) in [5, 5.41) is 0. The molecule has 0 spiro atoms. The van der Waals surface area contributed by atoms with Crippen molar-refractivity contribution >= 4 is 11.7 Å². The van der Waals surface area contributed by atoms with Gasteiger partial charge in [-0.3, -0.25) is 9.69 Å². The predicted octanol–water partition coefficient (Wildman–Crippen LogP) is 4.23. The summed E-state index contributed by atoms with van der Waals surface area (Å²) in [6, 6.07) is 16.4. The Morgan fingerprint density at radius 1 is 1.16 bits per heavy atom. The second-order valence-corrected chi connectivity index (χ2v) is 5.55. The van der Waals surface area contributed by atoms with Crippen LogP contribution >= 0.6 is 0 Å². The minimum atomic E-state index is -0.158. The summed E-state index contributed by atoms with van der Waals surface area (Å²) in [5.41, 5.74) is 0.542. The highest BCUT2D eigenvalue weighted by atomic mass is 16.5. The Bertz CT molecular complexity index is 843. The number of amides is 1. The summed E-state index contributed by atoms with van der Waals surface area (Å²) >= 11 is 0. The number of hydrogen-bond acceptors (Lipinski definition) is 4. The van der Waals surface area contributed by atoms with E-state index in [1.54, 1.807) is 29.3 Å². The monoisotopic (exact) mass is 336 g/mol. The summed E-state index contributed by atoms with van der Waals surface area (Å²) < 4.78 is 11.1. The average molecular weight is 336 g/mol. The summed E-state index contributed by atoms with van der Waals surface area (Å²) in [4.78, 5) is 19.0. The van der Waals surface area contributed by atoms with Gasteiger partial charge in [0.15, 0.2) is 0 Å². The number of ether oxygens (including phenoxy) is 1. The van der Waals surface area contributed by atoms with E-state index in [4.69, 9.17) is 9.15 Å². The third-order valence-corrected chi connectivity index (χ3v) is 3.67. The Morgan fingerprint density at radius 2 is 2.04 bits per heavy atom. The van der Waals surface area contributed by atoms with Crippen LogP contribution in [-0.2, 0) is 6.54 Å². The number of carbonyl (C=O) groups is 1. The van der Waals surface area contributed by atoms with Crippen LogP contribution in [-0.4, -0.2) is 17.5 Å². The van der Waals surface area contributed by atoms with Gasteiger partial charge in [0.25, 0.3) is 5.91 Å². The smallest absolute Gasteiger partial charge is 0.259 e. The van der Waals surface area contributed by atoms with Gasteiger partial charge in [0.1, 0.15) is 23.1 Å². The number of aryl methyl sites for hydroxylation is 1. The van der Waals surface area contributed by atoms with Crippen molar-refractivity contribution < 1.29 is 13.9 Å². The standard InChI is InChI=1S/C20H20N2O3/c1-3-24-17-8-6-7-16(13-17)20(23)22(19-9-4-5-12-21-19)14-18-11-10-15(2)25-18/h4-13H,3,14H2,1-2H3. The molecule has 3 rings (SSSR count). The molecule has 0 aliphatic rings. The van der Waals surface area contributed by atoms with Crippen LogP contribution in [0.3, 0.4) is 0 Å². The van der Waals surface area contributed by atoms with Crippen LogP contribution in [0.15, 0.2) is 65.2 Å². The molecular formula is C20H20N2O3. The highest BCUT2D eigenvalue weighted by Gasteiger charge is 2.21. The van der Waals surface area contributed by atoms with Gasteiger partial charge in [-0.05, 0) is 56.3 Å². The van der Waals surface area contributed by atoms with E-state index < -0.39 is 0 Å². The molecule has 3 aromatic rings. The first-order valence-electron chi connectivity index (χ1n) is 8.18. The molecule has 2 heterocycles. The quantitative estimate of drug-likeness (QED) is 0.676. The van der Waals surface area contributed by atoms with Crippen LogP contribution in [0.5, 0.6) is 5.75 Å².